The van der Waals surface area contributed by atoms with Crippen molar-refractivity contribution in [3.8, 4) is 68.5 Å². The van der Waals surface area contributed by atoms with Gasteiger partial charge in [-0.15, -0.1) is 12.8 Å². The zero-order chi connectivity index (χ0) is 47.5. The second kappa shape index (κ2) is 22.5. The number of aliphatic hydroxyl groups is 1. The van der Waals surface area contributed by atoms with E-state index in [9.17, 15) is 5.11 Å². The van der Waals surface area contributed by atoms with Crippen LogP contribution in [0, 0.1) is 25.7 Å². The average Bonchev–Trinajstić information content (AvgIpc) is 4.16. The van der Waals surface area contributed by atoms with Crippen molar-refractivity contribution in [2.75, 3.05) is 6.61 Å². The lowest BCUT2D eigenvalue weighted by atomic mass is 9.87. The van der Waals surface area contributed by atoms with E-state index in [1.165, 1.54) is 90.8 Å². The van der Waals surface area contributed by atoms with Crippen LogP contribution in [0.2, 0.25) is 0 Å². The first-order chi connectivity index (χ1) is 32.8. The highest BCUT2D eigenvalue weighted by molar-refractivity contribution is 6.06. The number of allylic oxidation sites excluding steroid dienone is 5. The number of pyridine rings is 1. The van der Waals surface area contributed by atoms with E-state index >= 15 is 0 Å². The minimum atomic E-state index is 0.0971. The highest BCUT2D eigenvalue weighted by atomic mass is 16.3. The van der Waals surface area contributed by atoms with E-state index < -0.39 is 0 Å². The van der Waals surface area contributed by atoms with Crippen LogP contribution in [0.3, 0.4) is 0 Å². The second-order valence-corrected chi connectivity index (χ2v) is 17.3. The zero-order valence-corrected chi connectivity index (χ0v) is 40.5. The predicted octanol–water partition coefficient (Wildman–Crippen LogP) is 17.4. The molecule has 3 nitrogen and oxygen atoms in total. The molecule has 1 saturated carbocycles. The summed E-state index contributed by atoms with van der Waals surface area (Å²) in [6, 6.07) is 49.3. The molecule has 0 aliphatic heterocycles. The molecule has 1 fully saturated rings. The van der Waals surface area contributed by atoms with Crippen LogP contribution in [-0.2, 0) is 12.8 Å². The molecule has 338 valence electrons. The van der Waals surface area contributed by atoms with Gasteiger partial charge in [-0.05, 0) is 196 Å². The Morgan fingerprint density at radius 3 is 1.87 bits per heavy atom. The molecule has 0 bridgehead atoms. The molecule has 2 aromatic heterocycles. The molecule has 1 aliphatic carbocycles. The van der Waals surface area contributed by atoms with E-state index in [4.69, 9.17) is 4.42 Å². The molecule has 9 rings (SSSR count). The molecule has 8 aromatic rings. The van der Waals surface area contributed by atoms with Crippen LogP contribution in [-0.4, -0.2) is 16.7 Å². The van der Waals surface area contributed by atoms with Gasteiger partial charge in [0.2, 0.25) is 0 Å². The molecular weight excluding hydrogens is 815 g/mol. The maximum atomic E-state index is 10.1. The number of nitrogens with zero attached hydrogens (tertiary/aromatic N) is 1. The normalized spacial score (nSPS) is 13.1. The highest BCUT2D eigenvalue weighted by Gasteiger charge is 2.29. The number of furan rings is 1. The first-order valence-corrected chi connectivity index (χ1v) is 24.2. The van der Waals surface area contributed by atoms with Crippen LogP contribution in [0.4, 0.5) is 0 Å². The Bertz CT molecular complexity index is 3110. The van der Waals surface area contributed by atoms with E-state index in [1.54, 1.807) is 6.20 Å². The number of aliphatic hydroxyl groups excluding tert-OH is 1. The van der Waals surface area contributed by atoms with Crippen molar-refractivity contribution < 1.29 is 9.52 Å². The van der Waals surface area contributed by atoms with Crippen molar-refractivity contribution in [2.45, 2.75) is 87.0 Å². The van der Waals surface area contributed by atoms with E-state index in [2.05, 4.69) is 192 Å². The number of benzene rings is 6. The van der Waals surface area contributed by atoms with Gasteiger partial charge < -0.3 is 9.52 Å². The summed E-state index contributed by atoms with van der Waals surface area (Å²) >= 11 is 0. The monoisotopic (exact) mass is 880 g/mol. The second-order valence-electron chi connectivity index (χ2n) is 17.3. The van der Waals surface area contributed by atoms with Gasteiger partial charge in [-0.3, -0.25) is 4.98 Å². The van der Waals surface area contributed by atoms with Gasteiger partial charge >= 0.3 is 0 Å². The summed E-state index contributed by atoms with van der Waals surface area (Å²) in [5, 5.41) is 12.2. The highest BCUT2D eigenvalue weighted by Crippen LogP contribution is 2.43. The topological polar surface area (TPSA) is 46.3 Å². The molecule has 0 spiro atoms. The van der Waals surface area contributed by atoms with E-state index in [0.29, 0.717) is 5.92 Å². The summed E-state index contributed by atoms with van der Waals surface area (Å²) in [5.41, 5.74) is 23.0. The van der Waals surface area contributed by atoms with Gasteiger partial charge in [0, 0.05) is 23.2 Å². The third-order valence-corrected chi connectivity index (χ3v) is 13.0. The third-order valence-electron chi connectivity index (χ3n) is 13.0. The van der Waals surface area contributed by atoms with Gasteiger partial charge in [0.25, 0.3) is 0 Å². The summed E-state index contributed by atoms with van der Waals surface area (Å²) in [4.78, 5) is 4.35. The summed E-state index contributed by atoms with van der Waals surface area (Å²) in [6.45, 7) is 15.1. The Morgan fingerprint density at radius 2 is 1.25 bits per heavy atom. The first kappa shape index (κ1) is 48.0. The molecule has 3 heteroatoms. The summed E-state index contributed by atoms with van der Waals surface area (Å²) in [5.74, 6) is 0.638. The van der Waals surface area contributed by atoms with Gasteiger partial charge in [0.15, 0.2) is 0 Å². The average molecular weight is 880 g/mol. The number of rotatable bonds is 14. The first-order valence-electron chi connectivity index (χ1n) is 24.2. The lowest BCUT2D eigenvalue weighted by Crippen LogP contribution is -2.02. The van der Waals surface area contributed by atoms with Crippen molar-refractivity contribution in [1.29, 1.82) is 0 Å². The number of fused-ring (bicyclic) bond motifs is 3. The number of hydrogen-bond acceptors (Lipinski definition) is 3. The van der Waals surface area contributed by atoms with Gasteiger partial charge in [0.05, 0.1) is 6.61 Å². The third kappa shape index (κ3) is 10.7. The van der Waals surface area contributed by atoms with Crippen molar-refractivity contribution in [1.82, 2.24) is 4.98 Å². The van der Waals surface area contributed by atoms with Crippen LogP contribution in [0.15, 0.2) is 185 Å². The van der Waals surface area contributed by atoms with E-state index in [0.717, 1.165) is 64.3 Å². The lowest BCUT2D eigenvalue weighted by Gasteiger charge is -2.18. The summed E-state index contributed by atoms with van der Waals surface area (Å²) < 4.78 is 6.08. The number of aryl methyl sites for hydroxylation is 2. The Morgan fingerprint density at radius 1 is 0.687 bits per heavy atom. The molecule has 0 unspecified atom stereocenters. The van der Waals surface area contributed by atoms with E-state index in [1.807, 2.05) is 26.1 Å². The van der Waals surface area contributed by atoms with Gasteiger partial charge in [0.1, 0.15) is 11.2 Å². The molecule has 0 amide bonds. The van der Waals surface area contributed by atoms with Crippen LogP contribution in [0.25, 0.3) is 77.6 Å². The largest absolute Gasteiger partial charge is 0.456 e. The zero-order valence-electron chi connectivity index (χ0n) is 40.5. The molecule has 1 N–H and O–H groups in total. The fourth-order valence-electron chi connectivity index (χ4n) is 9.48. The molecule has 1 aliphatic rings. The maximum Gasteiger partial charge on any atom is 0.138 e. The van der Waals surface area contributed by atoms with Crippen LogP contribution < -0.4 is 0 Å². The van der Waals surface area contributed by atoms with Crippen molar-refractivity contribution in [2.24, 2.45) is 5.92 Å². The molecule has 6 aromatic carbocycles. The Kier molecular flexibility index (Phi) is 16.1. The minimum absolute atomic E-state index is 0.0971. The predicted molar refractivity (Wildman–Crippen MR) is 287 cm³/mol. The number of hydrogen-bond donors (Lipinski definition) is 1. The maximum absolute atomic E-state index is 10.1. The van der Waals surface area contributed by atoms with Gasteiger partial charge in [-0.2, -0.15) is 0 Å². The Hall–Kier alpha value is -6.99. The molecular formula is C64H65NO2. The Labute approximate surface area is 399 Å². The Balaban J connectivity index is 0.00000162. The molecule has 67 heavy (non-hydrogen) atoms. The fourth-order valence-corrected chi connectivity index (χ4v) is 9.48. The number of aromatic nitrogens is 1. The van der Waals surface area contributed by atoms with Crippen molar-refractivity contribution in [3.63, 3.8) is 0 Å². The standard InChI is InChI=1S/C60H57NO2.C2H6.C2H2/c1-6-12-42-24-25-50(44-14-9-13-41(31-44)20-27-54(52(7-2)40(5)38-62)53(8-3)43-22-23-43)35-56(42)55-34-49(21-19-39(55)4)47-17-10-15-45(32-47)46-16-11-18-48(33-46)51-26-28-59-57(36-51)58-37-61-30-29-60(58)63-59;2*1-2/h8-11,13-19,21,24-37,43,62H,6-7,12,20,22-23,38H2,1-5H3;1-2H3;1-2H/b52-40+,53-8-,54-27-;;. The molecule has 2 heterocycles. The van der Waals surface area contributed by atoms with Crippen LogP contribution >= 0.6 is 0 Å². The lowest BCUT2D eigenvalue weighted by molar-refractivity contribution is 0.330. The van der Waals surface area contributed by atoms with E-state index in [-0.39, 0.29) is 6.61 Å². The minimum Gasteiger partial charge on any atom is -0.456 e. The summed E-state index contributed by atoms with van der Waals surface area (Å²) in [7, 11) is 0. The SMILES string of the molecule is C#C.CC.C\C=C(C(=C\Cc1cccc(-c2ccc(CCC)c(-c3cc(-c4cccc(-c5cccc(-c6ccc7oc8ccncc8c7c6)c5)c4)ccc3C)c2)c1)/C(CC)=C(\C)CO)\C1CC1. The molecule has 0 atom stereocenters. The van der Waals surface area contributed by atoms with Crippen molar-refractivity contribution >= 4 is 21.9 Å². The van der Waals surface area contributed by atoms with Gasteiger partial charge in [-0.25, -0.2) is 0 Å². The summed E-state index contributed by atoms with van der Waals surface area (Å²) in [6.07, 6.45) is 22.8. The smallest absolute Gasteiger partial charge is 0.138 e. The molecule has 0 saturated heterocycles. The van der Waals surface area contributed by atoms with Crippen molar-refractivity contribution in [3.05, 3.63) is 197 Å². The number of terminal acetylenes is 1. The van der Waals surface area contributed by atoms with Gasteiger partial charge in [-0.1, -0.05) is 137 Å². The fraction of sp³-hybridized carbons (Fsp3) is 0.234. The molecule has 0 radical (unpaired) electrons. The van der Waals surface area contributed by atoms with Crippen LogP contribution in [0.5, 0.6) is 0 Å². The van der Waals surface area contributed by atoms with Crippen LogP contribution in [0.1, 0.15) is 83.9 Å². The quantitative estimate of drug-likeness (QED) is 0.0874.